The summed E-state index contributed by atoms with van der Waals surface area (Å²) in [6.45, 7) is 1.90. The Morgan fingerprint density at radius 1 is 1.24 bits per heavy atom. The number of thioether (sulfide) groups is 1. The highest BCUT2D eigenvalue weighted by atomic mass is 35.5. The van der Waals surface area contributed by atoms with Gasteiger partial charge in [-0.25, -0.2) is 4.79 Å². The Labute approximate surface area is 176 Å². The number of sulfonamides is 1. The zero-order chi connectivity index (χ0) is 21.0. The first kappa shape index (κ1) is 21.2. The molecule has 0 fully saturated rings. The molecule has 1 aliphatic heterocycles. The fourth-order valence-electron chi connectivity index (χ4n) is 2.47. The summed E-state index contributed by atoms with van der Waals surface area (Å²) < 4.78 is 33.2. The molecule has 2 aromatic carbocycles. The van der Waals surface area contributed by atoms with E-state index < -0.39 is 21.9 Å². The molecule has 0 saturated carbocycles. The molecule has 1 amide bonds. The van der Waals surface area contributed by atoms with Crippen molar-refractivity contribution >= 4 is 61.8 Å². The lowest BCUT2D eigenvalue weighted by Crippen LogP contribution is -2.22. The molecular weight excluding hydrogens is 438 g/mol. The lowest BCUT2D eigenvalue weighted by atomic mass is 10.2. The van der Waals surface area contributed by atoms with E-state index in [1.54, 1.807) is 37.3 Å². The smallest absolute Gasteiger partial charge is 0.340 e. The second-order valence-corrected chi connectivity index (χ2v) is 8.71. The van der Waals surface area contributed by atoms with E-state index in [1.807, 2.05) is 0 Å². The topological polar surface area (TPSA) is 114 Å². The van der Waals surface area contributed by atoms with Crippen LogP contribution in [0.15, 0.2) is 51.8 Å². The highest BCUT2D eigenvalue weighted by Gasteiger charge is 2.26. The number of hydrogen-bond acceptors (Lipinski definition) is 7. The molecule has 152 valence electrons. The molecule has 0 aromatic heterocycles. The van der Waals surface area contributed by atoms with Gasteiger partial charge in [0.15, 0.2) is 5.17 Å². The molecule has 2 aromatic rings. The molecule has 29 heavy (non-hydrogen) atoms. The molecule has 3 rings (SSSR count). The zero-order valence-electron chi connectivity index (χ0n) is 15.1. The highest BCUT2D eigenvalue weighted by Crippen LogP contribution is 2.31. The van der Waals surface area contributed by atoms with Crippen molar-refractivity contribution in [1.29, 1.82) is 0 Å². The zero-order valence-corrected chi connectivity index (χ0v) is 17.5. The van der Waals surface area contributed by atoms with Crippen molar-refractivity contribution in [2.75, 3.05) is 23.0 Å². The SMILES string of the molecule is CCOC(=O)c1ccccc1NC(=O)CSC1=NS(=O)(=O)c2cc(Cl)ccc2N1. The van der Waals surface area contributed by atoms with Crippen LogP contribution in [0.1, 0.15) is 17.3 Å². The predicted octanol–water partition coefficient (Wildman–Crippen LogP) is 3.36. The summed E-state index contributed by atoms with van der Waals surface area (Å²) in [6, 6.07) is 10.8. The molecule has 8 nitrogen and oxygen atoms in total. The minimum atomic E-state index is -3.92. The molecule has 2 N–H and O–H groups in total. The average molecular weight is 454 g/mol. The number of halogens is 1. The second kappa shape index (κ2) is 8.85. The fraction of sp³-hybridized carbons (Fsp3) is 0.167. The fourth-order valence-corrected chi connectivity index (χ4v) is 4.77. The largest absolute Gasteiger partial charge is 0.462 e. The van der Waals surface area contributed by atoms with Crippen molar-refractivity contribution in [3.8, 4) is 0 Å². The number of fused-ring (bicyclic) bond motifs is 1. The summed E-state index contributed by atoms with van der Waals surface area (Å²) >= 11 is 6.76. The number of para-hydroxylation sites is 1. The van der Waals surface area contributed by atoms with E-state index in [9.17, 15) is 18.0 Å². The molecule has 0 spiro atoms. The van der Waals surface area contributed by atoms with E-state index in [1.165, 1.54) is 12.1 Å². The summed E-state index contributed by atoms with van der Waals surface area (Å²) in [7, 11) is -3.92. The van der Waals surface area contributed by atoms with Gasteiger partial charge in [-0.1, -0.05) is 35.5 Å². The van der Waals surface area contributed by atoms with Crippen LogP contribution in [0.25, 0.3) is 0 Å². The van der Waals surface area contributed by atoms with Gasteiger partial charge in [0.05, 0.1) is 29.3 Å². The van der Waals surface area contributed by atoms with Crippen LogP contribution in [-0.2, 0) is 19.6 Å². The Morgan fingerprint density at radius 3 is 2.76 bits per heavy atom. The number of benzene rings is 2. The second-order valence-electron chi connectivity index (χ2n) is 5.74. The number of amides is 1. The van der Waals surface area contributed by atoms with Crippen LogP contribution in [0.2, 0.25) is 5.02 Å². The number of anilines is 2. The number of nitrogens with one attached hydrogen (secondary N) is 2. The first-order valence-electron chi connectivity index (χ1n) is 8.40. The average Bonchev–Trinajstić information content (AvgIpc) is 2.67. The van der Waals surface area contributed by atoms with Crippen molar-refractivity contribution in [3.05, 3.63) is 53.1 Å². The van der Waals surface area contributed by atoms with Gasteiger partial charge in [0, 0.05) is 5.02 Å². The molecule has 1 aliphatic rings. The number of nitrogens with zero attached hydrogens (tertiary/aromatic N) is 1. The molecule has 11 heteroatoms. The minimum absolute atomic E-state index is 0.0258. The summed E-state index contributed by atoms with van der Waals surface area (Å²) in [6.07, 6.45) is 0. The van der Waals surface area contributed by atoms with Gasteiger partial charge >= 0.3 is 5.97 Å². The Bertz CT molecular complexity index is 1100. The van der Waals surface area contributed by atoms with Crippen LogP contribution in [0.3, 0.4) is 0 Å². The van der Waals surface area contributed by atoms with E-state index in [-0.39, 0.29) is 33.0 Å². The summed E-state index contributed by atoms with van der Waals surface area (Å²) in [5.41, 5.74) is 0.872. The first-order valence-corrected chi connectivity index (χ1v) is 11.2. The van der Waals surface area contributed by atoms with Crippen LogP contribution in [0.4, 0.5) is 11.4 Å². The molecule has 1 heterocycles. The summed E-state index contributed by atoms with van der Waals surface area (Å²) in [4.78, 5) is 24.3. The molecule has 0 saturated heterocycles. The maximum absolute atomic E-state index is 12.3. The maximum Gasteiger partial charge on any atom is 0.340 e. The Kier molecular flexibility index (Phi) is 6.46. The number of carbonyl (C=O) groups is 2. The Hall–Kier alpha value is -2.56. The van der Waals surface area contributed by atoms with Crippen LogP contribution >= 0.6 is 23.4 Å². The summed E-state index contributed by atoms with van der Waals surface area (Å²) in [5.74, 6) is -1.10. The van der Waals surface area contributed by atoms with E-state index in [0.29, 0.717) is 11.4 Å². The Morgan fingerprint density at radius 2 is 2.00 bits per heavy atom. The monoisotopic (exact) mass is 453 g/mol. The third-order valence-corrected chi connectivity index (χ3v) is 6.24. The van der Waals surface area contributed by atoms with Crippen LogP contribution < -0.4 is 10.6 Å². The third kappa shape index (κ3) is 5.08. The quantitative estimate of drug-likeness (QED) is 0.667. The van der Waals surface area contributed by atoms with Crippen molar-refractivity contribution in [2.45, 2.75) is 11.8 Å². The van der Waals surface area contributed by atoms with Crippen LogP contribution in [0, 0.1) is 0 Å². The normalized spacial score (nSPS) is 14.2. The van der Waals surface area contributed by atoms with E-state index in [2.05, 4.69) is 15.0 Å². The van der Waals surface area contributed by atoms with Gasteiger partial charge in [-0.2, -0.15) is 8.42 Å². The van der Waals surface area contributed by atoms with E-state index in [0.717, 1.165) is 11.8 Å². The number of esters is 1. The van der Waals surface area contributed by atoms with Gasteiger partial charge in [-0.05, 0) is 37.3 Å². The number of carbonyl (C=O) groups excluding carboxylic acids is 2. The highest BCUT2D eigenvalue weighted by molar-refractivity contribution is 8.15. The van der Waals surface area contributed by atoms with Crippen LogP contribution in [0.5, 0.6) is 0 Å². The first-order chi connectivity index (χ1) is 13.8. The minimum Gasteiger partial charge on any atom is -0.462 e. The van der Waals surface area contributed by atoms with Crippen molar-refractivity contribution in [2.24, 2.45) is 4.40 Å². The van der Waals surface area contributed by atoms with E-state index in [4.69, 9.17) is 16.3 Å². The van der Waals surface area contributed by atoms with Gasteiger partial charge in [0.25, 0.3) is 10.0 Å². The van der Waals surface area contributed by atoms with Gasteiger partial charge < -0.3 is 15.4 Å². The number of amidine groups is 1. The van der Waals surface area contributed by atoms with Gasteiger partial charge in [0.1, 0.15) is 4.90 Å². The molecule has 0 unspecified atom stereocenters. The predicted molar refractivity (Wildman–Crippen MR) is 113 cm³/mol. The van der Waals surface area contributed by atoms with Crippen molar-refractivity contribution < 1.29 is 22.7 Å². The maximum atomic E-state index is 12.3. The Balaban J connectivity index is 1.68. The van der Waals surface area contributed by atoms with Crippen LogP contribution in [-0.4, -0.2) is 37.8 Å². The lowest BCUT2D eigenvalue weighted by Gasteiger charge is -2.17. The molecule has 0 radical (unpaired) electrons. The number of hydrogen-bond donors (Lipinski definition) is 2. The third-order valence-electron chi connectivity index (χ3n) is 3.70. The molecule has 0 aliphatic carbocycles. The van der Waals surface area contributed by atoms with Gasteiger partial charge in [-0.15, -0.1) is 4.40 Å². The lowest BCUT2D eigenvalue weighted by molar-refractivity contribution is -0.113. The van der Waals surface area contributed by atoms with Crippen molar-refractivity contribution in [3.63, 3.8) is 0 Å². The molecule has 0 atom stereocenters. The number of ether oxygens (including phenoxy) is 1. The van der Waals surface area contributed by atoms with Gasteiger partial charge in [-0.3, -0.25) is 4.79 Å². The standard InChI is InChI=1S/C18H16ClN3O5S2/c1-2-27-17(24)12-5-3-4-6-13(12)20-16(23)10-28-18-21-14-8-7-11(19)9-15(14)29(25,26)22-18/h3-9H,2,10H2,1H3,(H,20,23)(H,21,22). The summed E-state index contributed by atoms with van der Waals surface area (Å²) in [5, 5.41) is 5.83. The number of rotatable bonds is 5. The van der Waals surface area contributed by atoms with E-state index >= 15 is 0 Å². The van der Waals surface area contributed by atoms with Crippen molar-refractivity contribution in [1.82, 2.24) is 0 Å². The van der Waals surface area contributed by atoms with Gasteiger partial charge in [0.2, 0.25) is 5.91 Å². The molecular formula is C18H16ClN3O5S2. The molecule has 0 bridgehead atoms.